The third kappa shape index (κ3) is 7.05. The molecular formula is C21H33N3O4. The monoisotopic (exact) mass is 391 g/mol. The van der Waals surface area contributed by atoms with Crippen LogP contribution in [-0.4, -0.2) is 86.0 Å². The topological polar surface area (TPSA) is 74.3 Å². The first-order valence-electron chi connectivity index (χ1n) is 10.4. The number of carbonyl (C=O) groups is 1. The first-order valence-corrected chi connectivity index (χ1v) is 10.4. The second kappa shape index (κ2) is 11.4. The lowest BCUT2D eigenvalue weighted by Crippen LogP contribution is -2.42. The predicted octanol–water partition coefficient (Wildman–Crippen LogP) is 0.861. The van der Waals surface area contributed by atoms with E-state index in [1.54, 1.807) is 0 Å². The van der Waals surface area contributed by atoms with Gasteiger partial charge in [-0.2, -0.15) is 0 Å². The van der Waals surface area contributed by atoms with Crippen LogP contribution < -0.4 is 10.1 Å². The van der Waals surface area contributed by atoms with Gasteiger partial charge in [0.2, 0.25) is 5.91 Å². The van der Waals surface area contributed by atoms with Gasteiger partial charge in [-0.05, 0) is 37.1 Å². The fourth-order valence-electron chi connectivity index (χ4n) is 3.64. The number of nitrogens with zero attached hydrogens (tertiary/aromatic N) is 2. The Labute approximate surface area is 167 Å². The predicted molar refractivity (Wildman–Crippen MR) is 107 cm³/mol. The Bertz CT molecular complexity index is 607. The fraction of sp³-hybridized carbons (Fsp3) is 0.667. The van der Waals surface area contributed by atoms with Gasteiger partial charge in [0.25, 0.3) is 0 Å². The van der Waals surface area contributed by atoms with Gasteiger partial charge in [-0.15, -0.1) is 0 Å². The lowest BCUT2D eigenvalue weighted by Gasteiger charge is -2.28. The van der Waals surface area contributed by atoms with E-state index in [2.05, 4.69) is 16.3 Å². The van der Waals surface area contributed by atoms with Crippen molar-refractivity contribution in [3.63, 3.8) is 0 Å². The molecule has 0 aromatic heterocycles. The Kier molecular flexibility index (Phi) is 8.54. The molecule has 3 rings (SSSR count). The van der Waals surface area contributed by atoms with Crippen LogP contribution in [0.5, 0.6) is 5.75 Å². The van der Waals surface area contributed by atoms with Crippen LogP contribution in [0, 0.1) is 0 Å². The van der Waals surface area contributed by atoms with E-state index in [-0.39, 0.29) is 6.61 Å². The number of morpholine rings is 1. The second-order valence-corrected chi connectivity index (χ2v) is 7.54. The summed E-state index contributed by atoms with van der Waals surface area (Å²) < 4.78 is 11.1. The van der Waals surface area contributed by atoms with E-state index in [1.165, 1.54) is 0 Å². The third-order valence-electron chi connectivity index (χ3n) is 5.20. The summed E-state index contributed by atoms with van der Waals surface area (Å²) in [7, 11) is 0. The number of hydrogen-bond acceptors (Lipinski definition) is 6. The van der Waals surface area contributed by atoms with Crippen LogP contribution >= 0.6 is 0 Å². The molecule has 0 radical (unpaired) electrons. The molecular weight excluding hydrogens is 358 g/mol. The first-order chi connectivity index (χ1) is 13.7. The quantitative estimate of drug-likeness (QED) is 0.545. The van der Waals surface area contributed by atoms with Gasteiger partial charge in [0.1, 0.15) is 18.5 Å². The molecule has 1 atom stereocenters. The minimum atomic E-state index is -0.506. The number of amides is 1. The molecule has 156 valence electrons. The number of β-amino-alcohol motifs (C(OH)–C–C–N with tert-alkyl or cyclic N) is 1. The smallest absolute Gasteiger partial charge is 0.222 e. The van der Waals surface area contributed by atoms with E-state index in [4.69, 9.17) is 9.47 Å². The maximum Gasteiger partial charge on any atom is 0.222 e. The van der Waals surface area contributed by atoms with Gasteiger partial charge in [0, 0.05) is 45.7 Å². The van der Waals surface area contributed by atoms with Crippen molar-refractivity contribution in [3.8, 4) is 5.75 Å². The summed E-state index contributed by atoms with van der Waals surface area (Å²) in [6, 6.07) is 7.97. The molecule has 2 aliphatic heterocycles. The molecule has 1 aromatic rings. The van der Waals surface area contributed by atoms with Gasteiger partial charge < -0.3 is 24.8 Å². The van der Waals surface area contributed by atoms with E-state index < -0.39 is 6.10 Å². The van der Waals surface area contributed by atoms with E-state index in [0.717, 1.165) is 76.6 Å². The fourth-order valence-corrected chi connectivity index (χ4v) is 3.64. The highest BCUT2D eigenvalue weighted by Crippen LogP contribution is 2.14. The van der Waals surface area contributed by atoms with E-state index in [1.807, 2.05) is 23.1 Å². The molecule has 1 unspecified atom stereocenters. The Balaban J connectivity index is 1.31. The lowest BCUT2D eigenvalue weighted by atomic mass is 10.2. The van der Waals surface area contributed by atoms with Gasteiger partial charge in [-0.1, -0.05) is 12.1 Å². The van der Waals surface area contributed by atoms with Crippen molar-refractivity contribution in [1.82, 2.24) is 15.1 Å². The van der Waals surface area contributed by atoms with Crippen molar-refractivity contribution in [2.75, 3.05) is 59.1 Å². The second-order valence-electron chi connectivity index (χ2n) is 7.54. The largest absolute Gasteiger partial charge is 0.491 e. The van der Waals surface area contributed by atoms with Gasteiger partial charge in [-0.25, -0.2) is 0 Å². The maximum absolute atomic E-state index is 11.6. The number of ether oxygens (including phenoxy) is 2. The zero-order valence-corrected chi connectivity index (χ0v) is 16.6. The number of aliphatic hydroxyl groups is 1. The number of nitrogens with one attached hydrogen (secondary N) is 1. The zero-order valence-electron chi connectivity index (χ0n) is 16.6. The molecule has 2 saturated heterocycles. The highest BCUT2D eigenvalue weighted by molar-refractivity contribution is 5.77. The van der Waals surface area contributed by atoms with E-state index >= 15 is 0 Å². The normalized spacial score (nSPS) is 19.2. The highest BCUT2D eigenvalue weighted by atomic mass is 16.5. The number of likely N-dealkylation sites (tertiary alicyclic amines) is 1. The van der Waals surface area contributed by atoms with E-state index in [9.17, 15) is 9.90 Å². The molecule has 1 amide bonds. The van der Waals surface area contributed by atoms with Crippen LogP contribution in [0.2, 0.25) is 0 Å². The minimum absolute atomic E-state index is 0.290. The Morgan fingerprint density at radius 3 is 2.89 bits per heavy atom. The van der Waals surface area contributed by atoms with Crippen molar-refractivity contribution in [2.45, 2.75) is 31.9 Å². The standard InChI is InChI=1S/C21H33N3O4/c25-19(16-23-10-12-27-13-11-23)17-28-20-5-1-4-18(14-20)15-22-7-3-9-24-8-2-6-21(24)26/h1,4-5,14,19,22,25H,2-3,6-13,15-17H2. The molecule has 2 N–H and O–H groups in total. The number of rotatable bonds is 11. The minimum Gasteiger partial charge on any atom is -0.491 e. The summed E-state index contributed by atoms with van der Waals surface area (Å²) in [6.07, 6.45) is 2.17. The summed E-state index contributed by atoms with van der Waals surface area (Å²) in [6.45, 7) is 7.50. The Morgan fingerprint density at radius 2 is 2.11 bits per heavy atom. The van der Waals surface area contributed by atoms with Crippen molar-refractivity contribution in [1.29, 1.82) is 0 Å². The van der Waals surface area contributed by atoms with Crippen molar-refractivity contribution < 1.29 is 19.4 Å². The maximum atomic E-state index is 11.6. The molecule has 0 aliphatic carbocycles. The van der Waals surface area contributed by atoms with Gasteiger partial charge >= 0.3 is 0 Å². The molecule has 1 aromatic carbocycles. The molecule has 28 heavy (non-hydrogen) atoms. The molecule has 7 nitrogen and oxygen atoms in total. The van der Waals surface area contributed by atoms with Gasteiger partial charge in [0.05, 0.1) is 13.2 Å². The van der Waals surface area contributed by atoms with E-state index in [0.29, 0.717) is 18.9 Å². The number of hydrogen-bond donors (Lipinski definition) is 2. The molecule has 0 saturated carbocycles. The molecule has 0 spiro atoms. The van der Waals surface area contributed by atoms with Crippen LogP contribution in [-0.2, 0) is 16.1 Å². The molecule has 2 aliphatic rings. The summed E-state index contributed by atoms with van der Waals surface area (Å²) in [5.41, 5.74) is 1.15. The van der Waals surface area contributed by atoms with Crippen LogP contribution in [0.25, 0.3) is 0 Å². The van der Waals surface area contributed by atoms with Crippen LogP contribution in [0.3, 0.4) is 0 Å². The molecule has 7 heteroatoms. The third-order valence-corrected chi connectivity index (χ3v) is 5.20. The summed E-state index contributed by atoms with van der Waals surface area (Å²) in [5.74, 6) is 1.07. The number of benzene rings is 1. The van der Waals surface area contributed by atoms with Gasteiger partial charge in [-0.3, -0.25) is 9.69 Å². The average molecular weight is 392 g/mol. The van der Waals surface area contributed by atoms with Crippen molar-refractivity contribution in [2.24, 2.45) is 0 Å². The van der Waals surface area contributed by atoms with Crippen LogP contribution in [0.4, 0.5) is 0 Å². The highest BCUT2D eigenvalue weighted by Gasteiger charge is 2.19. The lowest BCUT2D eigenvalue weighted by molar-refractivity contribution is -0.127. The van der Waals surface area contributed by atoms with Crippen molar-refractivity contribution in [3.05, 3.63) is 29.8 Å². The number of carbonyl (C=O) groups excluding carboxylic acids is 1. The van der Waals surface area contributed by atoms with Crippen molar-refractivity contribution >= 4 is 5.91 Å². The molecule has 2 heterocycles. The average Bonchev–Trinajstić information content (AvgIpc) is 3.12. The summed E-state index contributed by atoms with van der Waals surface area (Å²) in [4.78, 5) is 15.7. The SMILES string of the molecule is O=C1CCCN1CCCNCc1cccc(OCC(O)CN2CCOCC2)c1. The Morgan fingerprint density at radius 1 is 1.25 bits per heavy atom. The molecule has 2 fully saturated rings. The summed E-state index contributed by atoms with van der Waals surface area (Å²) >= 11 is 0. The van der Waals surface area contributed by atoms with Gasteiger partial charge in [0.15, 0.2) is 0 Å². The number of aliphatic hydroxyl groups excluding tert-OH is 1. The first kappa shape index (κ1) is 21.0. The van der Waals surface area contributed by atoms with Crippen LogP contribution in [0.1, 0.15) is 24.8 Å². The zero-order chi connectivity index (χ0) is 19.6. The Hall–Kier alpha value is -1.67. The molecule has 0 bridgehead atoms. The van der Waals surface area contributed by atoms with Crippen LogP contribution in [0.15, 0.2) is 24.3 Å². The summed E-state index contributed by atoms with van der Waals surface area (Å²) in [5, 5.41) is 13.6.